The molecule has 1 aliphatic rings. The zero-order valence-electron chi connectivity index (χ0n) is 11.5. The van der Waals surface area contributed by atoms with Crippen LogP contribution in [0.5, 0.6) is 0 Å². The van der Waals surface area contributed by atoms with Gasteiger partial charge in [0.1, 0.15) is 11.3 Å². The Kier molecular flexibility index (Phi) is 4.47. The molecule has 1 saturated carbocycles. The summed E-state index contributed by atoms with van der Waals surface area (Å²) < 4.78 is 2.32. The van der Waals surface area contributed by atoms with Crippen molar-refractivity contribution in [2.45, 2.75) is 51.0 Å². The lowest BCUT2D eigenvalue weighted by atomic mass is 10.1. The van der Waals surface area contributed by atoms with Crippen LogP contribution in [-0.2, 0) is 6.42 Å². The number of nitrogens with zero attached hydrogens (tertiary/aromatic N) is 3. The molecule has 0 atom stereocenters. The smallest absolute Gasteiger partial charge is 0.160 e. The summed E-state index contributed by atoms with van der Waals surface area (Å²) in [7, 11) is 0. The van der Waals surface area contributed by atoms with Crippen molar-refractivity contribution in [1.82, 2.24) is 14.5 Å². The van der Waals surface area contributed by atoms with Crippen LogP contribution in [0.3, 0.4) is 0 Å². The third-order valence-electron chi connectivity index (χ3n) is 4.08. The highest BCUT2D eigenvalue weighted by Gasteiger charge is 2.21. The first-order valence-corrected chi connectivity index (χ1v) is 8.29. The predicted octanol–water partition coefficient (Wildman–Crippen LogP) is 4.76. The first kappa shape index (κ1) is 14.2. The molecule has 0 spiro atoms. The summed E-state index contributed by atoms with van der Waals surface area (Å²) in [6.45, 7) is 0. The number of hydrogen-bond donors (Lipinski definition) is 0. The van der Waals surface area contributed by atoms with Crippen molar-refractivity contribution in [3.8, 4) is 0 Å². The molecule has 108 valence electrons. The molecule has 0 radical (unpaired) electrons. The van der Waals surface area contributed by atoms with E-state index >= 15 is 0 Å². The molecule has 20 heavy (non-hydrogen) atoms. The number of imidazole rings is 1. The van der Waals surface area contributed by atoms with E-state index in [0.29, 0.717) is 16.9 Å². The van der Waals surface area contributed by atoms with E-state index in [-0.39, 0.29) is 0 Å². The summed E-state index contributed by atoms with van der Waals surface area (Å²) in [5, 5.41) is 0.639. The largest absolute Gasteiger partial charge is 0.310 e. The standard InChI is InChI=1S/C15H19Cl2N3/c16-8-7-14-19-13-9-11(17)10-18-15(13)20(14)12-5-3-1-2-4-6-12/h9-10,12H,1-8H2. The highest BCUT2D eigenvalue weighted by Crippen LogP contribution is 2.31. The first-order valence-electron chi connectivity index (χ1n) is 7.38. The second-order valence-corrected chi connectivity index (χ2v) is 6.29. The highest BCUT2D eigenvalue weighted by atomic mass is 35.5. The summed E-state index contributed by atoms with van der Waals surface area (Å²) in [6.07, 6.45) is 10.2. The van der Waals surface area contributed by atoms with Gasteiger partial charge in [-0.1, -0.05) is 37.3 Å². The number of aryl methyl sites for hydroxylation is 1. The molecule has 0 unspecified atom stereocenters. The lowest BCUT2D eigenvalue weighted by Crippen LogP contribution is -2.13. The second kappa shape index (κ2) is 6.31. The number of pyridine rings is 1. The number of fused-ring (bicyclic) bond motifs is 1. The quantitative estimate of drug-likeness (QED) is 0.604. The van der Waals surface area contributed by atoms with Crippen molar-refractivity contribution >= 4 is 34.4 Å². The molecule has 2 heterocycles. The molecule has 0 bridgehead atoms. The number of aromatic nitrogens is 3. The Morgan fingerprint density at radius 2 is 1.95 bits per heavy atom. The molecule has 0 aromatic carbocycles. The van der Waals surface area contributed by atoms with Gasteiger partial charge in [-0.3, -0.25) is 0 Å². The topological polar surface area (TPSA) is 30.7 Å². The van der Waals surface area contributed by atoms with Gasteiger partial charge in [0.25, 0.3) is 0 Å². The zero-order valence-corrected chi connectivity index (χ0v) is 13.0. The highest BCUT2D eigenvalue weighted by molar-refractivity contribution is 6.31. The van der Waals surface area contributed by atoms with E-state index in [9.17, 15) is 0 Å². The molecule has 0 N–H and O–H groups in total. The van der Waals surface area contributed by atoms with Crippen LogP contribution in [0.15, 0.2) is 12.3 Å². The Morgan fingerprint density at radius 3 is 2.65 bits per heavy atom. The van der Waals surface area contributed by atoms with Gasteiger partial charge in [-0.15, -0.1) is 11.6 Å². The van der Waals surface area contributed by atoms with Crippen molar-refractivity contribution in [1.29, 1.82) is 0 Å². The molecular formula is C15H19Cl2N3. The second-order valence-electron chi connectivity index (χ2n) is 5.48. The Balaban J connectivity index is 2.07. The van der Waals surface area contributed by atoms with Crippen LogP contribution in [0.1, 0.15) is 50.4 Å². The lowest BCUT2D eigenvalue weighted by molar-refractivity contribution is 0.439. The van der Waals surface area contributed by atoms with E-state index in [4.69, 9.17) is 28.2 Å². The molecule has 1 aliphatic carbocycles. The normalized spacial score (nSPS) is 17.5. The maximum atomic E-state index is 6.03. The predicted molar refractivity (Wildman–Crippen MR) is 83.7 cm³/mol. The molecule has 5 heteroatoms. The molecule has 1 fully saturated rings. The summed E-state index contributed by atoms with van der Waals surface area (Å²) in [5.41, 5.74) is 1.85. The van der Waals surface area contributed by atoms with Crippen LogP contribution in [0, 0.1) is 0 Å². The number of halogens is 2. The van der Waals surface area contributed by atoms with Crippen LogP contribution in [-0.4, -0.2) is 20.4 Å². The molecule has 0 aliphatic heterocycles. The van der Waals surface area contributed by atoms with Crippen LogP contribution in [0.2, 0.25) is 5.02 Å². The maximum absolute atomic E-state index is 6.03. The van der Waals surface area contributed by atoms with Crippen molar-refractivity contribution < 1.29 is 0 Å². The van der Waals surface area contributed by atoms with Gasteiger partial charge in [0.05, 0.1) is 5.02 Å². The van der Waals surface area contributed by atoms with Gasteiger partial charge in [0.15, 0.2) is 5.65 Å². The first-order chi connectivity index (χ1) is 9.79. The van der Waals surface area contributed by atoms with E-state index in [1.165, 1.54) is 38.5 Å². The summed E-state index contributed by atoms with van der Waals surface area (Å²) in [5.74, 6) is 1.64. The van der Waals surface area contributed by atoms with Crippen molar-refractivity contribution in [3.05, 3.63) is 23.1 Å². The Morgan fingerprint density at radius 1 is 1.20 bits per heavy atom. The molecule has 0 amide bonds. The van der Waals surface area contributed by atoms with Crippen LogP contribution >= 0.6 is 23.2 Å². The van der Waals surface area contributed by atoms with E-state index in [1.807, 2.05) is 6.07 Å². The van der Waals surface area contributed by atoms with Gasteiger partial charge in [0, 0.05) is 24.5 Å². The number of alkyl halides is 1. The van der Waals surface area contributed by atoms with Crippen LogP contribution < -0.4 is 0 Å². The number of rotatable bonds is 3. The summed E-state index contributed by atoms with van der Waals surface area (Å²) in [4.78, 5) is 9.22. The van der Waals surface area contributed by atoms with E-state index in [1.54, 1.807) is 6.20 Å². The third-order valence-corrected chi connectivity index (χ3v) is 4.47. The molecule has 0 saturated heterocycles. The van der Waals surface area contributed by atoms with E-state index in [2.05, 4.69) is 9.55 Å². The molecule has 3 rings (SSSR count). The Labute approximate surface area is 129 Å². The fourth-order valence-electron chi connectivity index (χ4n) is 3.16. The average Bonchev–Trinajstić information content (AvgIpc) is 2.63. The maximum Gasteiger partial charge on any atom is 0.160 e. The van der Waals surface area contributed by atoms with Gasteiger partial charge in [-0.05, 0) is 18.9 Å². The minimum Gasteiger partial charge on any atom is -0.310 e. The van der Waals surface area contributed by atoms with E-state index in [0.717, 1.165) is 23.4 Å². The molecule has 2 aromatic heterocycles. The molecular weight excluding hydrogens is 293 g/mol. The van der Waals surface area contributed by atoms with Gasteiger partial charge in [-0.2, -0.15) is 0 Å². The van der Waals surface area contributed by atoms with Gasteiger partial charge < -0.3 is 4.57 Å². The third kappa shape index (κ3) is 2.79. The van der Waals surface area contributed by atoms with E-state index < -0.39 is 0 Å². The SMILES string of the molecule is ClCCc1nc2cc(Cl)cnc2n1C1CCCCCC1. The molecule has 2 aromatic rings. The van der Waals surface area contributed by atoms with Crippen molar-refractivity contribution in [3.63, 3.8) is 0 Å². The zero-order chi connectivity index (χ0) is 13.9. The van der Waals surface area contributed by atoms with Crippen LogP contribution in [0.25, 0.3) is 11.2 Å². The fourth-order valence-corrected chi connectivity index (χ4v) is 3.49. The monoisotopic (exact) mass is 311 g/mol. The van der Waals surface area contributed by atoms with Gasteiger partial charge >= 0.3 is 0 Å². The van der Waals surface area contributed by atoms with Crippen molar-refractivity contribution in [2.75, 3.05) is 5.88 Å². The summed E-state index contributed by atoms with van der Waals surface area (Å²) >= 11 is 12.0. The molecule has 3 nitrogen and oxygen atoms in total. The van der Waals surface area contributed by atoms with Crippen molar-refractivity contribution in [2.24, 2.45) is 0 Å². The Hall–Kier alpha value is -0.800. The minimum atomic E-state index is 0.509. The minimum absolute atomic E-state index is 0.509. The van der Waals surface area contributed by atoms with Gasteiger partial charge in [-0.25, -0.2) is 9.97 Å². The van der Waals surface area contributed by atoms with Gasteiger partial charge in [0.2, 0.25) is 0 Å². The fraction of sp³-hybridized carbons (Fsp3) is 0.600. The summed E-state index contributed by atoms with van der Waals surface area (Å²) in [6, 6.07) is 2.41. The lowest BCUT2D eigenvalue weighted by Gasteiger charge is -2.19. The Bertz CT molecular complexity index is 586. The van der Waals surface area contributed by atoms with Crippen LogP contribution in [0.4, 0.5) is 0 Å². The average molecular weight is 312 g/mol. The number of hydrogen-bond acceptors (Lipinski definition) is 2.